The summed E-state index contributed by atoms with van der Waals surface area (Å²) in [6.45, 7) is 2.24. The van der Waals surface area contributed by atoms with Gasteiger partial charge in [-0.2, -0.15) is 0 Å². The highest BCUT2D eigenvalue weighted by atomic mass is 32.2. The van der Waals surface area contributed by atoms with Gasteiger partial charge in [-0.05, 0) is 31.2 Å². The maximum Gasteiger partial charge on any atom is 0.231 e. The topological polar surface area (TPSA) is 69.0 Å². The first kappa shape index (κ1) is 19.5. The lowest BCUT2D eigenvalue weighted by atomic mass is 10.1. The molecule has 6 nitrogen and oxygen atoms in total. The van der Waals surface area contributed by atoms with Crippen LogP contribution in [0, 0.1) is 19.3 Å². The van der Waals surface area contributed by atoms with Crippen molar-refractivity contribution in [3.63, 3.8) is 0 Å². The molecule has 0 aliphatic carbocycles. The van der Waals surface area contributed by atoms with Crippen LogP contribution in [0.1, 0.15) is 5.56 Å². The second kappa shape index (κ2) is 9.11. The summed E-state index contributed by atoms with van der Waals surface area (Å²) >= 11 is 1.30. The molecule has 0 radical (unpaired) electrons. The average Bonchev–Trinajstić information content (AvgIpc) is 3.15. The minimum atomic E-state index is -0.153. The molecular weight excluding hydrogens is 372 g/mol. The first-order valence-electron chi connectivity index (χ1n) is 8.63. The lowest BCUT2D eigenvalue weighted by Gasteiger charge is -2.12. The van der Waals surface area contributed by atoms with Crippen LogP contribution in [-0.4, -0.2) is 40.1 Å². The number of nitrogens with one attached hydrogen (secondary N) is 1. The van der Waals surface area contributed by atoms with E-state index in [0.29, 0.717) is 16.7 Å². The van der Waals surface area contributed by atoms with E-state index in [4.69, 9.17) is 11.2 Å². The number of hydrogen-bond donors (Lipinski definition) is 1. The van der Waals surface area contributed by atoms with E-state index in [9.17, 15) is 4.79 Å². The number of hydrogen-bond acceptors (Lipinski definition) is 5. The molecular formula is C21H20N4O2S. The van der Waals surface area contributed by atoms with Gasteiger partial charge in [-0.15, -0.1) is 16.6 Å². The number of aryl methyl sites for hydroxylation is 1. The molecule has 7 heteroatoms. The van der Waals surface area contributed by atoms with Crippen LogP contribution >= 0.6 is 11.8 Å². The molecule has 3 rings (SSSR count). The van der Waals surface area contributed by atoms with Crippen LogP contribution in [0.25, 0.3) is 17.1 Å². The van der Waals surface area contributed by atoms with E-state index >= 15 is 0 Å². The molecule has 1 amide bonds. The molecule has 1 aromatic heterocycles. The summed E-state index contributed by atoms with van der Waals surface area (Å²) in [5, 5.41) is 12.0. The molecule has 0 aliphatic heterocycles. The van der Waals surface area contributed by atoms with E-state index < -0.39 is 0 Å². The summed E-state index contributed by atoms with van der Waals surface area (Å²) < 4.78 is 7.42. The smallest absolute Gasteiger partial charge is 0.231 e. The van der Waals surface area contributed by atoms with Crippen LogP contribution in [0.3, 0.4) is 0 Å². The SMILES string of the molecule is C#CCNC(=O)CSc1nnc(-c2ccccc2OC)n1-c1ccc(C)cc1. The number of rotatable bonds is 7. The molecule has 0 bridgehead atoms. The zero-order valence-corrected chi connectivity index (χ0v) is 16.5. The van der Waals surface area contributed by atoms with Gasteiger partial charge in [0.1, 0.15) is 5.75 Å². The second-order valence-corrected chi connectivity index (χ2v) is 6.89. The van der Waals surface area contributed by atoms with Crippen molar-refractivity contribution in [3.05, 3.63) is 54.1 Å². The number of thioether (sulfide) groups is 1. The maximum atomic E-state index is 11.9. The van der Waals surface area contributed by atoms with Crippen LogP contribution in [0.2, 0.25) is 0 Å². The summed E-state index contributed by atoms with van der Waals surface area (Å²) in [6, 6.07) is 15.7. The Labute approximate surface area is 168 Å². The maximum absolute atomic E-state index is 11.9. The van der Waals surface area contributed by atoms with Gasteiger partial charge in [-0.1, -0.05) is 47.5 Å². The van der Waals surface area contributed by atoms with Crippen molar-refractivity contribution in [2.45, 2.75) is 12.1 Å². The van der Waals surface area contributed by atoms with Crippen molar-refractivity contribution >= 4 is 17.7 Å². The number of para-hydroxylation sites is 1. The number of methoxy groups -OCH3 is 1. The zero-order chi connectivity index (χ0) is 19.9. The van der Waals surface area contributed by atoms with Gasteiger partial charge < -0.3 is 10.1 Å². The molecule has 0 saturated heterocycles. The van der Waals surface area contributed by atoms with Crippen molar-refractivity contribution in [1.82, 2.24) is 20.1 Å². The largest absolute Gasteiger partial charge is 0.496 e. The first-order chi connectivity index (χ1) is 13.6. The van der Waals surface area contributed by atoms with Gasteiger partial charge in [-0.25, -0.2) is 0 Å². The highest BCUT2D eigenvalue weighted by Crippen LogP contribution is 2.33. The van der Waals surface area contributed by atoms with Crippen LogP contribution in [-0.2, 0) is 4.79 Å². The highest BCUT2D eigenvalue weighted by molar-refractivity contribution is 7.99. The lowest BCUT2D eigenvalue weighted by molar-refractivity contribution is -0.118. The van der Waals surface area contributed by atoms with E-state index in [1.54, 1.807) is 7.11 Å². The Balaban J connectivity index is 2.01. The highest BCUT2D eigenvalue weighted by Gasteiger charge is 2.19. The number of carbonyl (C=O) groups is 1. The standard InChI is InChI=1S/C21H20N4O2S/c1-4-13-22-19(26)14-28-21-24-23-20(17-7-5-6-8-18(17)27-3)25(21)16-11-9-15(2)10-12-16/h1,5-12H,13-14H2,2-3H3,(H,22,26). The number of aromatic nitrogens is 3. The number of terminal acetylenes is 1. The number of nitrogens with zero attached hydrogens (tertiary/aromatic N) is 3. The quantitative estimate of drug-likeness (QED) is 0.494. The predicted molar refractivity (Wildman–Crippen MR) is 111 cm³/mol. The molecule has 0 atom stereocenters. The Kier molecular flexibility index (Phi) is 6.35. The molecule has 1 N–H and O–H groups in total. The first-order valence-corrected chi connectivity index (χ1v) is 9.61. The molecule has 0 aliphatic rings. The van der Waals surface area contributed by atoms with Crippen LogP contribution in [0.5, 0.6) is 5.75 Å². The van der Waals surface area contributed by atoms with Gasteiger partial charge in [0, 0.05) is 5.69 Å². The van der Waals surface area contributed by atoms with Crippen molar-refractivity contribution in [3.8, 4) is 35.2 Å². The third kappa shape index (κ3) is 4.35. The number of benzene rings is 2. The lowest BCUT2D eigenvalue weighted by Crippen LogP contribution is -2.25. The van der Waals surface area contributed by atoms with Gasteiger partial charge in [-0.3, -0.25) is 9.36 Å². The summed E-state index contributed by atoms with van der Waals surface area (Å²) in [4.78, 5) is 11.9. The van der Waals surface area contributed by atoms with Crippen LogP contribution in [0.4, 0.5) is 0 Å². The van der Waals surface area contributed by atoms with Crippen molar-refractivity contribution in [1.29, 1.82) is 0 Å². The Morgan fingerprint density at radius 1 is 1.21 bits per heavy atom. The number of amides is 1. The third-order valence-electron chi connectivity index (χ3n) is 3.99. The predicted octanol–water partition coefficient (Wildman–Crippen LogP) is 3.09. The van der Waals surface area contributed by atoms with E-state index in [2.05, 4.69) is 21.4 Å². The summed E-state index contributed by atoms with van der Waals surface area (Å²) in [5.41, 5.74) is 2.88. The Morgan fingerprint density at radius 3 is 2.68 bits per heavy atom. The molecule has 0 unspecified atom stereocenters. The fraction of sp³-hybridized carbons (Fsp3) is 0.190. The summed E-state index contributed by atoms with van der Waals surface area (Å²) in [7, 11) is 1.62. The van der Waals surface area contributed by atoms with Gasteiger partial charge in [0.2, 0.25) is 5.91 Å². The normalized spacial score (nSPS) is 10.3. The van der Waals surface area contributed by atoms with Crippen molar-refractivity contribution in [2.24, 2.45) is 0 Å². The third-order valence-corrected chi connectivity index (χ3v) is 4.92. The van der Waals surface area contributed by atoms with Gasteiger partial charge in [0.15, 0.2) is 11.0 Å². The van der Waals surface area contributed by atoms with Crippen LogP contribution < -0.4 is 10.1 Å². The number of ether oxygens (including phenoxy) is 1. The van der Waals surface area contributed by atoms with Gasteiger partial charge in [0.05, 0.1) is 25.0 Å². The van der Waals surface area contributed by atoms with Crippen LogP contribution in [0.15, 0.2) is 53.7 Å². The molecule has 2 aromatic carbocycles. The molecule has 142 valence electrons. The molecule has 0 saturated carbocycles. The monoisotopic (exact) mass is 392 g/mol. The molecule has 1 heterocycles. The van der Waals surface area contributed by atoms with Crippen molar-refractivity contribution < 1.29 is 9.53 Å². The van der Waals surface area contributed by atoms with E-state index in [-0.39, 0.29) is 18.2 Å². The summed E-state index contributed by atoms with van der Waals surface area (Å²) in [6.07, 6.45) is 5.18. The van der Waals surface area contributed by atoms with Gasteiger partial charge >= 0.3 is 0 Å². The fourth-order valence-corrected chi connectivity index (χ4v) is 3.41. The Bertz CT molecular complexity index is 1010. The molecule has 0 fully saturated rings. The Hall–Kier alpha value is -3.24. The number of carbonyl (C=O) groups excluding carboxylic acids is 1. The van der Waals surface area contributed by atoms with Gasteiger partial charge in [0.25, 0.3) is 0 Å². The molecule has 28 heavy (non-hydrogen) atoms. The molecule has 0 spiro atoms. The molecule has 3 aromatic rings. The second-order valence-electron chi connectivity index (χ2n) is 5.95. The summed E-state index contributed by atoms with van der Waals surface area (Å²) in [5.74, 6) is 3.78. The average molecular weight is 392 g/mol. The minimum Gasteiger partial charge on any atom is -0.496 e. The Morgan fingerprint density at radius 2 is 1.96 bits per heavy atom. The van der Waals surface area contributed by atoms with E-state index in [0.717, 1.165) is 16.8 Å². The van der Waals surface area contributed by atoms with E-state index in [1.165, 1.54) is 11.8 Å². The zero-order valence-electron chi connectivity index (χ0n) is 15.7. The fourth-order valence-electron chi connectivity index (χ4n) is 2.62. The van der Waals surface area contributed by atoms with E-state index in [1.807, 2.05) is 60.0 Å². The minimum absolute atomic E-state index is 0.153. The van der Waals surface area contributed by atoms with Crippen molar-refractivity contribution in [2.75, 3.05) is 19.4 Å².